The zero-order valence-electron chi connectivity index (χ0n) is 29.8. The number of carbonyl (C=O) groups excluding carboxylic acids is 2. The van der Waals surface area contributed by atoms with Gasteiger partial charge in [-0.25, -0.2) is 13.2 Å². The number of aryl methyl sites for hydroxylation is 2. The topological polar surface area (TPSA) is 173 Å². The highest BCUT2D eigenvalue weighted by molar-refractivity contribution is 7.92. The molecule has 1 aliphatic rings. The first-order chi connectivity index (χ1) is 23.7. The molecule has 4 atom stereocenters. The van der Waals surface area contributed by atoms with Gasteiger partial charge in [0.2, 0.25) is 0 Å². The molecule has 4 rings (SSSR count). The van der Waals surface area contributed by atoms with Crippen LogP contribution in [0.3, 0.4) is 0 Å². The first kappa shape index (κ1) is 38.5. The highest BCUT2D eigenvalue weighted by Gasteiger charge is 2.31. The van der Waals surface area contributed by atoms with Crippen LogP contribution in [0.1, 0.15) is 61.8 Å². The third-order valence-corrected chi connectivity index (χ3v) is 10.1. The van der Waals surface area contributed by atoms with Crippen LogP contribution in [0.4, 0.5) is 16.2 Å². The van der Waals surface area contributed by atoms with Crippen LogP contribution in [-0.2, 0) is 14.8 Å². The number of methoxy groups -OCH3 is 1. The maximum absolute atomic E-state index is 14.4. The largest absolute Gasteiger partial charge is 0.497 e. The molecule has 3 amide bonds. The Hall–Kier alpha value is -4.34. The Morgan fingerprint density at radius 1 is 1.16 bits per heavy atom. The second kappa shape index (κ2) is 17.1. The van der Waals surface area contributed by atoms with E-state index in [9.17, 15) is 23.1 Å². The number of hydrogen-bond donors (Lipinski definition) is 3. The number of nitrogens with one attached hydrogen (secondary N) is 2. The average molecular weight is 716 g/mol. The number of rotatable bonds is 9. The number of ether oxygens (including phenoxy) is 3. The Balaban J connectivity index is 1.63. The molecule has 50 heavy (non-hydrogen) atoms. The third-order valence-electron chi connectivity index (χ3n) is 8.74. The number of nitrogens with zero attached hydrogens (tertiary/aromatic N) is 3. The van der Waals surface area contributed by atoms with E-state index in [2.05, 4.69) is 15.2 Å². The van der Waals surface area contributed by atoms with Crippen molar-refractivity contribution in [1.29, 1.82) is 0 Å². The fourth-order valence-corrected chi connectivity index (χ4v) is 6.68. The molecule has 1 aromatic heterocycles. The van der Waals surface area contributed by atoms with E-state index in [1.54, 1.807) is 52.1 Å². The fourth-order valence-electron chi connectivity index (χ4n) is 5.63. The van der Waals surface area contributed by atoms with E-state index >= 15 is 0 Å². The number of aliphatic hydroxyl groups is 1. The van der Waals surface area contributed by atoms with Crippen LogP contribution in [0, 0.1) is 19.8 Å². The predicted octanol–water partition coefficient (Wildman–Crippen LogP) is 5.06. The minimum atomic E-state index is -4.01. The number of carbonyl (C=O) groups is 2. The molecule has 0 fully saturated rings. The summed E-state index contributed by atoms with van der Waals surface area (Å²) < 4.78 is 52.0. The van der Waals surface area contributed by atoms with Crippen LogP contribution < -0.4 is 19.5 Å². The SMILES string of the molecule is COc1ccc(S(=O)(=O)Nc2ccc3c(c2)C(=O)N([C@@H](C)CO)C[C@H](C)[C@H](CN(C)C(=O)Nc2c(C)noc2C)OCCCC[C@H](C)O3)cc1. The summed E-state index contributed by atoms with van der Waals surface area (Å²) in [4.78, 5) is 30.7. The van der Waals surface area contributed by atoms with Gasteiger partial charge in [0.15, 0.2) is 5.76 Å². The van der Waals surface area contributed by atoms with Gasteiger partial charge in [0.1, 0.15) is 22.9 Å². The molecule has 274 valence electrons. The van der Waals surface area contributed by atoms with Crippen LogP contribution in [0.2, 0.25) is 0 Å². The van der Waals surface area contributed by atoms with Gasteiger partial charge in [-0.05, 0) is 89.4 Å². The van der Waals surface area contributed by atoms with E-state index in [0.29, 0.717) is 41.7 Å². The van der Waals surface area contributed by atoms with Crippen molar-refractivity contribution in [1.82, 2.24) is 15.0 Å². The summed E-state index contributed by atoms with van der Waals surface area (Å²) in [6, 6.07) is 9.58. The number of likely N-dealkylation sites (N-methyl/N-ethyl adjacent to an activating group) is 1. The first-order valence-corrected chi connectivity index (χ1v) is 18.2. The molecule has 0 aliphatic carbocycles. The van der Waals surface area contributed by atoms with Gasteiger partial charge >= 0.3 is 6.03 Å². The number of amides is 3. The highest BCUT2D eigenvalue weighted by atomic mass is 32.2. The lowest BCUT2D eigenvalue weighted by Crippen LogP contribution is -2.48. The summed E-state index contributed by atoms with van der Waals surface area (Å²) in [5.74, 6) is 0.572. The summed E-state index contributed by atoms with van der Waals surface area (Å²) in [6.07, 6.45) is 1.50. The first-order valence-electron chi connectivity index (χ1n) is 16.7. The number of hydrogen-bond acceptors (Lipinski definition) is 10. The standard InChI is InChI=1S/C35H49N5O9S/c1-22-19-40(23(2)21-41)34(42)30-18-27(38-50(44,45)29-14-12-28(46-7)13-15-29)11-16-31(30)48-24(3)10-8-9-17-47-32(22)20-39(6)35(43)36-33-25(4)37-49-26(33)5/h11-16,18,22-24,32,38,41H,8-10,17,19-21H2,1-7H3,(H,36,43)/t22-,23-,24-,32-/m0/s1. The Morgan fingerprint density at radius 2 is 1.88 bits per heavy atom. The van der Waals surface area contributed by atoms with E-state index in [0.717, 1.165) is 12.8 Å². The molecule has 2 heterocycles. The van der Waals surface area contributed by atoms with Crippen molar-refractivity contribution in [3.63, 3.8) is 0 Å². The molecule has 0 saturated carbocycles. The highest BCUT2D eigenvalue weighted by Crippen LogP contribution is 2.30. The maximum Gasteiger partial charge on any atom is 0.321 e. The molecule has 15 heteroatoms. The lowest BCUT2D eigenvalue weighted by molar-refractivity contribution is -0.0115. The van der Waals surface area contributed by atoms with E-state index < -0.39 is 28.1 Å². The van der Waals surface area contributed by atoms with Crippen LogP contribution in [0.25, 0.3) is 0 Å². The Morgan fingerprint density at radius 3 is 2.52 bits per heavy atom. The van der Waals surface area contributed by atoms with Crippen molar-refractivity contribution in [2.24, 2.45) is 5.92 Å². The lowest BCUT2D eigenvalue weighted by atomic mass is 10.0. The fraction of sp³-hybridized carbons (Fsp3) is 0.514. The number of sulfonamides is 1. The van der Waals surface area contributed by atoms with Crippen LogP contribution in [-0.4, -0.2) is 99.1 Å². The molecular formula is C35H49N5O9S. The van der Waals surface area contributed by atoms with Gasteiger partial charge in [-0.3, -0.25) is 9.52 Å². The Kier molecular flexibility index (Phi) is 13.1. The summed E-state index contributed by atoms with van der Waals surface area (Å²) >= 11 is 0. The van der Waals surface area contributed by atoms with Crippen molar-refractivity contribution in [3.05, 3.63) is 59.5 Å². The molecule has 2 aromatic carbocycles. The van der Waals surface area contributed by atoms with Gasteiger partial charge in [-0.15, -0.1) is 0 Å². The lowest BCUT2D eigenvalue weighted by Gasteiger charge is -2.35. The van der Waals surface area contributed by atoms with Gasteiger partial charge in [-0.2, -0.15) is 0 Å². The number of fused-ring (bicyclic) bond motifs is 1. The number of benzene rings is 2. The molecule has 3 aromatic rings. The van der Waals surface area contributed by atoms with Crippen molar-refractivity contribution in [2.45, 2.75) is 77.0 Å². The van der Waals surface area contributed by atoms with E-state index in [4.69, 9.17) is 18.7 Å². The Bertz CT molecular complexity index is 1690. The molecule has 0 unspecified atom stereocenters. The van der Waals surface area contributed by atoms with Crippen LogP contribution >= 0.6 is 0 Å². The predicted molar refractivity (Wildman–Crippen MR) is 188 cm³/mol. The number of aliphatic hydroxyl groups excluding tert-OH is 1. The van der Waals surface area contributed by atoms with Crippen molar-refractivity contribution in [3.8, 4) is 11.5 Å². The number of aromatic nitrogens is 1. The third kappa shape index (κ3) is 9.67. The second-order valence-electron chi connectivity index (χ2n) is 12.8. The normalized spacial score (nSPS) is 19.8. The average Bonchev–Trinajstić information content (AvgIpc) is 3.41. The van der Waals surface area contributed by atoms with Crippen molar-refractivity contribution in [2.75, 3.05) is 50.5 Å². The summed E-state index contributed by atoms with van der Waals surface area (Å²) in [5.41, 5.74) is 1.39. The van der Waals surface area contributed by atoms with E-state index in [-0.39, 0.29) is 53.9 Å². The van der Waals surface area contributed by atoms with Gasteiger partial charge in [0.25, 0.3) is 15.9 Å². The molecule has 3 N–H and O–H groups in total. The van der Waals surface area contributed by atoms with Crippen molar-refractivity contribution >= 4 is 33.3 Å². The number of urea groups is 1. The van der Waals surface area contributed by atoms with Gasteiger partial charge < -0.3 is 39.0 Å². The molecule has 0 bridgehead atoms. The van der Waals surface area contributed by atoms with Gasteiger partial charge in [-0.1, -0.05) is 12.1 Å². The minimum Gasteiger partial charge on any atom is -0.497 e. The van der Waals surface area contributed by atoms with Gasteiger partial charge in [0.05, 0.1) is 42.4 Å². The minimum absolute atomic E-state index is 0.0235. The van der Waals surface area contributed by atoms with Crippen LogP contribution in [0.15, 0.2) is 51.9 Å². The van der Waals surface area contributed by atoms with Gasteiger partial charge in [0, 0.05) is 38.3 Å². The zero-order chi connectivity index (χ0) is 36.6. The maximum atomic E-state index is 14.4. The summed E-state index contributed by atoms with van der Waals surface area (Å²) in [5, 5.41) is 17.0. The smallest absolute Gasteiger partial charge is 0.321 e. The molecule has 14 nitrogen and oxygen atoms in total. The second-order valence-corrected chi connectivity index (χ2v) is 14.5. The van der Waals surface area contributed by atoms with Crippen molar-refractivity contribution < 1.29 is 41.8 Å². The van der Waals surface area contributed by atoms with E-state index in [1.165, 1.54) is 35.1 Å². The van der Waals surface area contributed by atoms with E-state index in [1.807, 2.05) is 13.8 Å². The quantitative estimate of drug-likeness (QED) is 0.272. The molecule has 0 radical (unpaired) electrons. The molecule has 0 saturated heterocycles. The number of anilines is 2. The molecule has 0 spiro atoms. The Labute approximate surface area is 294 Å². The summed E-state index contributed by atoms with van der Waals surface area (Å²) in [7, 11) is -0.849. The van der Waals surface area contributed by atoms with Crippen LogP contribution in [0.5, 0.6) is 11.5 Å². The summed E-state index contributed by atoms with van der Waals surface area (Å²) in [6.45, 7) is 9.54. The monoisotopic (exact) mass is 715 g/mol. The molecular weight excluding hydrogens is 666 g/mol. The zero-order valence-corrected chi connectivity index (χ0v) is 30.6. The molecule has 1 aliphatic heterocycles.